The Balaban J connectivity index is 1.38. The van der Waals surface area contributed by atoms with Crippen LogP contribution in [-0.4, -0.2) is 42.8 Å². The van der Waals surface area contributed by atoms with E-state index in [4.69, 9.17) is 9.47 Å². The lowest BCUT2D eigenvalue weighted by Gasteiger charge is -2.32. The number of methoxy groups -OCH3 is 1. The van der Waals surface area contributed by atoms with Crippen molar-refractivity contribution in [3.8, 4) is 5.75 Å². The normalized spacial score (nSPS) is 15.3. The van der Waals surface area contributed by atoms with Gasteiger partial charge in [0.2, 0.25) is 0 Å². The number of halogens is 1. The molecule has 0 aliphatic carbocycles. The van der Waals surface area contributed by atoms with Crippen LogP contribution in [0.3, 0.4) is 0 Å². The lowest BCUT2D eigenvalue weighted by Crippen LogP contribution is -2.47. The molecule has 0 aromatic heterocycles. The minimum atomic E-state index is -0.338. The van der Waals surface area contributed by atoms with Crippen molar-refractivity contribution in [3.63, 3.8) is 0 Å². The quantitative estimate of drug-likeness (QED) is 0.608. The van der Waals surface area contributed by atoms with Gasteiger partial charge in [-0.1, -0.05) is 30.3 Å². The van der Waals surface area contributed by atoms with Crippen molar-refractivity contribution in [2.45, 2.75) is 65.0 Å². The summed E-state index contributed by atoms with van der Waals surface area (Å²) in [5.74, 6) is -0.0758. The van der Waals surface area contributed by atoms with Crippen molar-refractivity contribution in [3.05, 3.63) is 65.0 Å². The first-order chi connectivity index (χ1) is 15.7. The van der Waals surface area contributed by atoms with E-state index in [0.29, 0.717) is 19.7 Å². The number of piperidine rings is 1. The molecule has 2 aromatic carbocycles. The second kappa shape index (κ2) is 11.5. The van der Waals surface area contributed by atoms with Crippen LogP contribution in [-0.2, 0) is 24.4 Å². The highest BCUT2D eigenvalue weighted by atomic mass is 19.1. The van der Waals surface area contributed by atoms with E-state index in [1.54, 1.807) is 6.07 Å². The van der Waals surface area contributed by atoms with Gasteiger partial charge in [-0.25, -0.2) is 9.18 Å². The number of carbonyl (C=O) groups excluding carboxylic acids is 1. The second-order valence-corrected chi connectivity index (χ2v) is 9.57. The highest BCUT2D eigenvalue weighted by Gasteiger charge is 2.21. The number of hydrogen-bond donors (Lipinski definition) is 2. The van der Waals surface area contributed by atoms with Gasteiger partial charge < -0.3 is 20.1 Å². The molecule has 1 aliphatic rings. The van der Waals surface area contributed by atoms with E-state index in [1.165, 1.54) is 13.2 Å². The number of benzene rings is 2. The standard InChI is InChI=1S/C26H36FN3O3/c1-26(2,3)33-18-21-7-5-6-19(14-21)16-28-25(31)29-22-10-12-30(13-11-22)17-20-8-9-24(32-4)23(27)15-20/h5-9,14-15,22H,10-13,16-18H2,1-4H3,(H2,28,29,31). The Morgan fingerprint density at radius 2 is 1.82 bits per heavy atom. The van der Waals surface area contributed by atoms with Crippen LogP contribution in [0.15, 0.2) is 42.5 Å². The highest BCUT2D eigenvalue weighted by Crippen LogP contribution is 2.20. The molecule has 3 rings (SSSR count). The third kappa shape index (κ3) is 8.33. The summed E-state index contributed by atoms with van der Waals surface area (Å²) in [6.45, 7) is 9.52. The van der Waals surface area contributed by atoms with E-state index >= 15 is 0 Å². The fourth-order valence-electron chi connectivity index (χ4n) is 3.85. The zero-order valence-corrected chi connectivity index (χ0v) is 20.1. The predicted molar refractivity (Wildman–Crippen MR) is 128 cm³/mol. The molecule has 7 heteroatoms. The van der Waals surface area contributed by atoms with Crippen LogP contribution in [0.1, 0.15) is 50.3 Å². The maximum atomic E-state index is 13.9. The van der Waals surface area contributed by atoms with Gasteiger partial charge in [0, 0.05) is 32.2 Å². The number of nitrogens with zero attached hydrogens (tertiary/aromatic N) is 1. The van der Waals surface area contributed by atoms with E-state index in [1.807, 2.05) is 45.0 Å². The molecule has 1 heterocycles. The van der Waals surface area contributed by atoms with Crippen molar-refractivity contribution in [1.29, 1.82) is 0 Å². The summed E-state index contributed by atoms with van der Waals surface area (Å²) in [4.78, 5) is 14.7. The predicted octanol–water partition coefficient (Wildman–Crippen LogP) is 4.61. The molecular weight excluding hydrogens is 421 g/mol. The van der Waals surface area contributed by atoms with E-state index < -0.39 is 0 Å². The molecule has 0 radical (unpaired) electrons. The molecule has 1 fully saturated rings. The third-order valence-corrected chi connectivity index (χ3v) is 5.66. The number of carbonyl (C=O) groups is 1. The largest absolute Gasteiger partial charge is 0.494 e. The molecule has 33 heavy (non-hydrogen) atoms. The van der Waals surface area contributed by atoms with Gasteiger partial charge in [0.05, 0.1) is 19.3 Å². The van der Waals surface area contributed by atoms with Crippen LogP contribution in [0.2, 0.25) is 0 Å². The third-order valence-electron chi connectivity index (χ3n) is 5.66. The summed E-state index contributed by atoms with van der Waals surface area (Å²) in [7, 11) is 1.46. The SMILES string of the molecule is COc1ccc(CN2CCC(NC(=O)NCc3cccc(COC(C)(C)C)c3)CC2)cc1F. The minimum absolute atomic E-state index is 0.139. The van der Waals surface area contributed by atoms with Gasteiger partial charge in [0.25, 0.3) is 0 Å². The average molecular weight is 458 g/mol. The van der Waals surface area contributed by atoms with Crippen LogP contribution >= 0.6 is 0 Å². The average Bonchev–Trinajstić information content (AvgIpc) is 2.78. The van der Waals surface area contributed by atoms with E-state index in [-0.39, 0.29) is 29.2 Å². The first-order valence-corrected chi connectivity index (χ1v) is 11.5. The van der Waals surface area contributed by atoms with Gasteiger partial charge >= 0.3 is 6.03 Å². The Morgan fingerprint density at radius 1 is 1.09 bits per heavy atom. The summed E-state index contributed by atoms with van der Waals surface area (Å²) < 4.78 is 24.7. The monoisotopic (exact) mass is 457 g/mol. The number of hydrogen-bond acceptors (Lipinski definition) is 4. The lowest BCUT2D eigenvalue weighted by molar-refractivity contribution is -0.0149. The molecule has 2 aromatic rings. The molecule has 0 atom stereocenters. The smallest absolute Gasteiger partial charge is 0.315 e. The van der Waals surface area contributed by atoms with Gasteiger partial charge in [-0.2, -0.15) is 0 Å². The van der Waals surface area contributed by atoms with Gasteiger partial charge in [-0.05, 0) is 62.4 Å². The van der Waals surface area contributed by atoms with E-state index in [0.717, 1.165) is 42.6 Å². The van der Waals surface area contributed by atoms with E-state index in [9.17, 15) is 9.18 Å². The summed E-state index contributed by atoms with van der Waals surface area (Å²) in [5.41, 5.74) is 2.87. The molecule has 6 nitrogen and oxygen atoms in total. The molecule has 1 saturated heterocycles. The summed E-state index contributed by atoms with van der Waals surface area (Å²) in [5, 5.41) is 6.04. The second-order valence-electron chi connectivity index (χ2n) is 9.57. The molecule has 180 valence electrons. The van der Waals surface area contributed by atoms with Crippen molar-refractivity contribution in [2.24, 2.45) is 0 Å². The number of rotatable bonds is 8. The number of nitrogens with one attached hydrogen (secondary N) is 2. The number of likely N-dealkylation sites (tertiary alicyclic amines) is 1. The summed E-state index contributed by atoms with van der Waals surface area (Å²) >= 11 is 0. The Morgan fingerprint density at radius 3 is 2.48 bits per heavy atom. The van der Waals surface area contributed by atoms with Gasteiger partial charge in [-0.3, -0.25) is 4.90 Å². The van der Waals surface area contributed by atoms with Gasteiger partial charge in [0.15, 0.2) is 11.6 Å². The highest BCUT2D eigenvalue weighted by molar-refractivity contribution is 5.74. The van der Waals surface area contributed by atoms with Crippen LogP contribution in [0.5, 0.6) is 5.75 Å². The first-order valence-electron chi connectivity index (χ1n) is 11.5. The Labute approximate surface area is 196 Å². The molecule has 0 unspecified atom stereocenters. The Bertz CT molecular complexity index is 921. The number of urea groups is 1. The zero-order chi connectivity index (χ0) is 23.8. The maximum Gasteiger partial charge on any atom is 0.315 e. The van der Waals surface area contributed by atoms with Crippen LogP contribution in [0.25, 0.3) is 0 Å². The fraction of sp³-hybridized carbons (Fsp3) is 0.500. The molecule has 0 saturated carbocycles. The molecule has 1 aliphatic heterocycles. The molecular formula is C26H36FN3O3. The van der Waals surface area contributed by atoms with Gasteiger partial charge in [-0.15, -0.1) is 0 Å². The molecule has 0 bridgehead atoms. The maximum absolute atomic E-state index is 13.9. The van der Waals surface area contributed by atoms with Crippen LogP contribution < -0.4 is 15.4 Å². The van der Waals surface area contributed by atoms with Crippen molar-refractivity contribution in [2.75, 3.05) is 20.2 Å². The number of ether oxygens (including phenoxy) is 2. The number of amides is 2. The summed E-state index contributed by atoms with van der Waals surface area (Å²) in [6, 6.07) is 13.2. The molecule has 2 N–H and O–H groups in total. The topological polar surface area (TPSA) is 62.8 Å². The lowest BCUT2D eigenvalue weighted by atomic mass is 10.0. The summed E-state index contributed by atoms with van der Waals surface area (Å²) in [6.07, 6.45) is 1.73. The van der Waals surface area contributed by atoms with Crippen molar-refractivity contribution < 1.29 is 18.7 Å². The fourth-order valence-corrected chi connectivity index (χ4v) is 3.85. The zero-order valence-electron chi connectivity index (χ0n) is 20.1. The van der Waals surface area contributed by atoms with Crippen LogP contribution in [0.4, 0.5) is 9.18 Å². The van der Waals surface area contributed by atoms with E-state index in [2.05, 4.69) is 21.6 Å². The van der Waals surface area contributed by atoms with Gasteiger partial charge in [0.1, 0.15) is 0 Å². The Hall–Kier alpha value is -2.64. The Kier molecular flexibility index (Phi) is 8.69. The first kappa shape index (κ1) is 25.0. The molecule has 2 amide bonds. The molecule has 0 spiro atoms. The van der Waals surface area contributed by atoms with Crippen LogP contribution in [0, 0.1) is 5.82 Å². The van der Waals surface area contributed by atoms with Crippen molar-refractivity contribution >= 4 is 6.03 Å². The van der Waals surface area contributed by atoms with Crippen molar-refractivity contribution in [1.82, 2.24) is 15.5 Å². The minimum Gasteiger partial charge on any atom is -0.494 e.